The van der Waals surface area contributed by atoms with Gasteiger partial charge in [0.15, 0.2) is 11.5 Å². The van der Waals surface area contributed by atoms with Crippen molar-refractivity contribution >= 4 is 0 Å². The van der Waals surface area contributed by atoms with Crippen LogP contribution in [0.25, 0.3) is 11.4 Å². The van der Waals surface area contributed by atoms with Gasteiger partial charge in [0, 0.05) is 31.7 Å². The van der Waals surface area contributed by atoms with Crippen molar-refractivity contribution in [3.63, 3.8) is 0 Å². The summed E-state index contributed by atoms with van der Waals surface area (Å²) in [6, 6.07) is 21.6. The Morgan fingerprint density at radius 1 is 0.927 bits per heavy atom. The van der Waals surface area contributed by atoms with Crippen LogP contribution in [-0.2, 0) is 26.2 Å². The molecular weight excluding hydrogens is 538 g/mol. The standard InChI is InChI=1S/C31H31F4N3O3/c1-2-3-14-38-25(17-36-29(38)24-9-5-4-6-10-24)20-37(19-23-12-13-27-28(16-23)40-21-39-27)18-22-8-7-11-26(15-22)41-31(34,35)30(32)33/h4-13,15-17,30H,2-3,14,18-21H2,1H3. The Bertz CT molecular complexity index is 1450. The minimum absolute atomic E-state index is 0.164. The summed E-state index contributed by atoms with van der Waals surface area (Å²) < 4.78 is 70.2. The van der Waals surface area contributed by atoms with Crippen molar-refractivity contribution < 1.29 is 31.8 Å². The molecule has 1 aliphatic heterocycles. The van der Waals surface area contributed by atoms with Crippen LogP contribution in [0.5, 0.6) is 17.2 Å². The topological polar surface area (TPSA) is 48.8 Å². The van der Waals surface area contributed by atoms with Gasteiger partial charge in [0.1, 0.15) is 11.6 Å². The van der Waals surface area contributed by atoms with Gasteiger partial charge in [-0.15, -0.1) is 0 Å². The van der Waals surface area contributed by atoms with Crippen LogP contribution in [0.3, 0.4) is 0 Å². The summed E-state index contributed by atoms with van der Waals surface area (Å²) in [6.07, 6.45) is -4.65. The van der Waals surface area contributed by atoms with Crippen molar-refractivity contribution in [3.8, 4) is 28.6 Å². The Morgan fingerprint density at radius 2 is 1.68 bits per heavy atom. The Kier molecular flexibility index (Phi) is 8.78. The summed E-state index contributed by atoms with van der Waals surface area (Å²) in [4.78, 5) is 6.89. The van der Waals surface area contributed by atoms with Gasteiger partial charge < -0.3 is 18.8 Å². The van der Waals surface area contributed by atoms with Gasteiger partial charge >= 0.3 is 12.5 Å². The van der Waals surface area contributed by atoms with E-state index in [2.05, 4.69) is 21.1 Å². The van der Waals surface area contributed by atoms with Gasteiger partial charge in [0.2, 0.25) is 6.79 Å². The van der Waals surface area contributed by atoms with E-state index in [1.165, 1.54) is 18.2 Å². The van der Waals surface area contributed by atoms with E-state index in [0.29, 0.717) is 36.7 Å². The van der Waals surface area contributed by atoms with Crippen LogP contribution in [0.15, 0.2) is 79.0 Å². The first-order valence-corrected chi connectivity index (χ1v) is 13.5. The molecule has 0 saturated heterocycles. The molecule has 2 heterocycles. The molecule has 0 saturated carbocycles. The Hall–Kier alpha value is -4.05. The van der Waals surface area contributed by atoms with Crippen molar-refractivity contribution in [2.45, 2.75) is 58.5 Å². The Balaban J connectivity index is 1.44. The summed E-state index contributed by atoms with van der Waals surface area (Å²) >= 11 is 0. The second kappa shape index (κ2) is 12.6. The molecule has 6 nitrogen and oxygen atoms in total. The van der Waals surface area contributed by atoms with Crippen LogP contribution in [0.2, 0.25) is 0 Å². The van der Waals surface area contributed by atoms with Gasteiger partial charge in [-0.3, -0.25) is 4.90 Å². The molecule has 0 radical (unpaired) electrons. The quantitative estimate of drug-likeness (QED) is 0.156. The van der Waals surface area contributed by atoms with E-state index in [1.807, 2.05) is 54.7 Å². The molecule has 216 valence electrons. The van der Waals surface area contributed by atoms with Crippen LogP contribution in [0.4, 0.5) is 17.6 Å². The lowest BCUT2D eigenvalue weighted by molar-refractivity contribution is -0.253. The van der Waals surface area contributed by atoms with Gasteiger partial charge in [-0.25, -0.2) is 4.98 Å². The van der Waals surface area contributed by atoms with Crippen LogP contribution in [0, 0.1) is 0 Å². The van der Waals surface area contributed by atoms with E-state index in [4.69, 9.17) is 14.5 Å². The molecule has 0 unspecified atom stereocenters. The largest absolute Gasteiger partial charge is 0.461 e. The lowest BCUT2D eigenvalue weighted by atomic mass is 10.1. The molecule has 0 fully saturated rings. The molecule has 4 aromatic rings. The van der Waals surface area contributed by atoms with E-state index in [0.717, 1.165) is 42.0 Å². The lowest BCUT2D eigenvalue weighted by Gasteiger charge is -2.24. The highest BCUT2D eigenvalue weighted by molar-refractivity contribution is 5.56. The molecule has 1 aromatic heterocycles. The first-order chi connectivity index (χ1) is 19.8. The molecule has 0 spiro atoms. The summed E-state index contributed by atoms with van der Waals surface area (Å²) in [5.74, 6) is 1.89. The molecule has 0 N–H and O–H groups in total. The van der Waals surface area contributed by atoms with Crippen LogP contribution >= 0.6 is 0 Å². The third-order valence-electron chi connectivity index (χ3n) is 6.75. The van der Waals surface area contributed by atoms with Crippen molar-refractivity contribution in [2.24, 2.45) is 0 Å². The summed E-state index contributed by atoms with van der Waals surface area (Å²) in [6.45, 7) is 4.42. The van der Waals surface area contributed by atoms with Gasteiger partial charge in [-0.1, -0.05) is 61.9 Å². The van der Waals surface area contributed by atoms with Crippen molar-refractivity contribution in [2.75, 3.05) is 6.79 Å². The molecule has 10 heteroatoms. The second-order valence-corrected chi connectivity index (χ2v) is 9.89. The molecule has 41 heavy (non-hydrogen) atoms. The van der Waals surface area contributed by atoms with Gasteiger partial charge in [-0.2, -0.15) is 17.6 Å². The number of hydrogen-bond acceptors (Lipinski definition) is 5. The monoisotopic (exact) mass is 569 g/mol. The predicted octanol–water partition coefficient (Wildman–Crippen LogP) is 7.52. The smallest absolute Gasteiger partial charge is 0.454 e. The van der Waals surface area contributed by atoms with E-state index in [9.17, 15) is 17.6 Å². The van der Waals surface area contributed by atoms with Crippen LogP contribution < -0.4 is 14.2 Å². The molecule has 0 amide bonds. The molecular formula is C31H31F4N3O3. The number of rotatable bonds is 13. The van der Waals surface area contributed by atoms with E-state index in [1.54, 1.807) is 6.07 Å². The van der Waals surface area contributed by atoms with Gasteiger partial charge in [0.25, 0.3) is 0 Å². The number of imidazole rings is 1. The highest BCUT2D eigenvalue weighted by atomic mass is 19.3. The average Bonchev–Trinajstić information content (AvgIpc) is 3.59. The number of halogens is 4. The molecule has 0 bridgehead atoms. The predicted molar refractivity (Wildman–Crippen MR) is 146 cm³/mol. The third-order valence-corrected chi connectivity index (χ3v) is 6.75. The maximum absolute atomic E-state index is 13.6. The molecule has 5 rings (SSSR count). The molecule has 0 atom stereocenters. The van der Waals surface area contributed by atoms with Gasteiger partial charge in [0.05, 0.1) is 11.9 Å². The van der Waals surface area contributed by atoms with Gasteiger partial charge in [-0.05, 0) is 41.8 Å². The lowest BCUT2D eigenvalue weighted by Crippen LogP contribution is -2.33. The summed E-state index contributed by atoms with van der Waals surface area (Å²) in [7, 11) is 0. The number of aromatic nitrogens is 2. The zero-order valence-electron chi connectivity index (χ0n) is 22.6. The maximum atomic E-state index is 13.6. The normalized spacial score (nSPS) is 12.9. The fourth-order valence-electron chi connectivity index (χ4n) is 4.78. The Labute approximate surface area is 236 Å². The number of benzene rings is 3. The Morgan fingerprint density at radius 3 is 2.44 bits per heavy atom. The minimum Gasteiger partial charge on any atom is -0.454 e. The maximum Gasteiger partial charge on any atom is 0.461 e. The van der Waals surface area contributed by atoms with E-state index < -0.39 is 12.5 Å². The zero-order chi connectivity index (χ0) is 28.8. The molecule has 0 aliphatic carbocycles. The fraction of sp³-hybridized carbons (Fsp3) is 0.323. The van der Waals surface area contributed by atoms with Crippen LogP contribution in [0.1, 0.15) is 36.6 Å². The zero-order valence-corrected chi connectivity index (χ0v) is 22.6. The van der Waals surface area contributed by atoms with Crippen molar-refractivity contribution in [1.82, 2.24) is 14.5 Å². The third kappa shape index (κ3) is 7.00. The number of ether oxygens (including phenoxy) is 3. The SMILES string of the molecule is CCCCn1c(CN(Cc2cccc(OC(F)(F)C(F)F)c2)Cc2ccc3c(c2)OCO3)cnc1-c1ccccc1. The number of fused-ring (bicyclic) bond motifs is 1. The summed E-state index contributed by atoms with van der Waals surface area (Å²) in [5.41, 5.74) is 3.61. The summed E-state index contributed by atoms with van der Waals surface area (Å²) in [5, 5.41) is 0. The van der Waals surface area contributed by atoms with Crippen molar-refractivity contribution in [3.05, 3.63) is 95.8 Å². The number of unbranched alkanes of at least 4 members (excludes halogenated alkanes) is 1. The number of hydrogen-bond donors (Lipinski definition) is 0. The highest BCUT2D eigenvalue weighted by Crippen LogP contribution is 2.34. The minimum atomic E-state index is -4.58. The first-order valence-electron chi connectivity index (χ1n) is 13.5. The molecule has 3 aromatic carbocycles. The fourth-order valence-corrected chi connectivity index (χ4v) is 4.78. The average molecular weight is 570 g/mol. The van der Waals surface area contributed by atoms with Crippen LogP contribution in [-0.4, -0.2) is 33.8 Å². The first kappa shape index (κ1) is 28.5. The highest BCUT2D eigenvalue weighted by Gasteiger charge is 2.44. The number of nitrogens with zero attached hydrogens (tertiary/aromatic N) is 3. The van der Waals surface area contributed by atoms with Crippen molar-refractivity contribution in [1.29, 1.82) is 0 Å². The van der Waals surface area contributed by atoms with E-state index >= 15 is 0 Å². The second-order valence-electron chi connectivity index (χ2n) is 9.89. The molecule has 1 aliphatic rings. The van der Waals surface area contributed by atoms with E-state index in [-0.39, 0.29) is 12.5 Å². The number of alkyl halides is 4.